The van der Waals surface area contributed by atoms with Crippen LogP contribution in [0.1, 0.15) is 0 Å². The quantitative estimate of drug-likeness (QED) is 0.500. The second-order valence-corrected chi connectivity index (χ2v) is 0. The molecule has 0 unspecified atom stereocenters. The topological polar surface area (TPSA) is 0 Å². The Kier molecular flexibility index (Phi) is 249. The summed E-state index contributed by atoms with van der Waals surface area (Å²) >= 11 is 0. The second-order valence-electron chi connectivity index (χ2n) is 0. The van der Waals surface area contributed by atoms with Crippen molar-refractivity contribution in [3.63, 3.8) is 0 Å². The van der Waals surface area contributed by atoms with Gasteiger partial charge in [0.25, 0.3) is 0 Å². The van der Waals surface area contributed by atoms with Crippen molar-refractivity contribution >= 4 is 40.5 Å². The number of hydrogen-bond acceptors (Lipinski definition) is 0. The monoisotopic (exact) mass is 205 g/mol. The van der Waals surface area contributed by atoms with Crippen molar-refractivity contribution in [3.05, 3.63) is 0 Å². The minimum Gasteiger partial charge on any atom is -0.197 e. The van der Waals surface area contributed by atoms with Gasteiger partial charge in [-0.05, 0) is 0 Å². The normalized spacial score (nSPS) is 0. The van der Waals surface area contributed by atoms with Crippen molar-refractivity contribution in [2.75, 3.05) is 0 Å². The average molecular weight is 205 g/mol. The van der Waals surface area contributed by atoms with Crippen LogP contribution in [0.4, 0.5) is 0 Å². The van der Waals surface area contributed by atoms with E-state index in [0.29, 0.717) is 0 Å². The Balaban J connectivity index is 0. The molecule has 0 bridgehead atoms. The molecule has 33 valence electrons. The van der Waals surface area contributed by atoms with E-state index in [-0.39, 0.29) is 60.0 Å². The molecule has 0 spiro atoms. The molecule has 0 nitrogen and oxygen atoms in total. The smallest absolute Gasteiger partial charge is 0 e. The molecule has 0 N–H and O–H groups in total. The van der Waals surface area contributed by atoms with Crippen molar-refractivity contribution in [1.82, 2.24) is 0 Å². The molecule has 0 saturated heterocycles. The molecule has 0 aromatic heterocycles. The van der Waals surface area contributed by atoms with E-state index in [1.165, 1.54) is 0 Å². The molecular weight excluding hydrogens is 199 g/mol. The van der Waals surface area contributed by atoms with Crippen LogP contribution in [0.5, 0.6) is 0 Å². The van der Waals surface area contributed by atoms with Gasteiger partial charge in [0.05, 0.1) is 0 Å². The minimum atomic E-state index is 0. The fourth-order valence-corrected chi connectivity index (χ4v) is 0. The van der Waals surface area contributed by atoms with Crippen LogP contribution in [0.2, 0.25) is 0 Å². The standard InChI is InChI=1S/Rh.3H2S/h;3*1H2. The van der Waals surface area contributed by atoms with Crippen LogP contribution in [-0.4, -0.2) is 0 Å². The molecule has 1 radical (unpaired) electrons. The van der Waals surface area contributed by atoms with Gasteiger partial charge in [-0.1, -0.05) is 0 Å². The van der Waals surface area contributed by atoms with Gasteiger partial charge in [0.1, 0.15) is 0 Å². The maximum absolute atomic E-state index is 0. The van der Waals surface area contributed by atoms with E-state index in [1.54, 1.807) is 0 Å². The minimum absolute atomic E-state index is 0. The largest absolute Gasteiger partial charge is 0.197 e. The maximum Gasteiger partial charge on any atom is 0 e. The van der Waals surface area contributed by atoms with Crippen LogP contribution in [0.25, 0.3) is 0 Å². The van der Waals surface area contributed by atoms with E-state index in [4.69, 9.17) is 0 Å². The molecule has 0 fully saturated rings. The summed E-state index contributed by atoms with van der Waals surface area (Å²) in [5, 5.41) is 0. The predicted octanol–water partition coefficient (Wildman–Crippen LogP) is 0.336. The number of rotatable bonds is 0. The van der Waals surface area contributed by atoms with E-state index in [2.05, 4.69) is 0 Å². The Hall–Kier alpha value is 1.67. The first-order chi connectivity index (χ1) is 0. The van der Waals surface area contributed by atoms with Gasteiger partial charge in [-0.15, -0.1) is 0 Å². The Labute approximate surface area is 59.8 Å². The van der Waals surface area contributed by atoms with Crippen LogP contribution in [0.15, 0.2) is 0 Å². The molecule has 0 aliphatic carbocycles. The first-order valence-electron chi connectivity index (χ1n) is 0. The van der Waals surface area contributed by atoms with Gasteiger partial charge in [0, 0.05) is 19.5 Å². The zero-order valence-corrected chi connectivity index (χ0v) is 6.47. The summed E-state index contributed by atoms with van der Waals surface area (Å²) in [6.07, 6.45) is 0. The van der Waals surface area contributed by atoms with Crippen LogP contribution in [0, 0.1) is 0 Å². The van der Waals surface area contributed by atoms with Crippen molar-refractivity contribution in [2.45, 2.75) is 0 Å². The van der Waals surface area contributed by atoms with Gasteiger partial charge >= 0.3 is 0 Å². The third-order valence-corrected chi connectivity index (χ3v) is 0. The van der Waals surface area contributed by atoms with Crippen molar-refractivity contribution < 1.29 is 19.5 Å². The van der Waals surface area contributed by atoms with Gasteiger partial charge in [-0.25, -0.2) is 0 Å². The molecule has 4 heteroatoms. The molecule has 0 heterocycles. The third-order valence-electron chi connectivity index (χ3n) is 0. The molecule has 4 heavy (non-hydrogen) atoms. The molecule has 0 aliphatic heterocycles. The van der Waals surface area contributed by atoms with Crippen molar-refractivity contribution in [3.8, 4) is 0 Å². The summed E-state index contributed by atoms with van der Waals surface area (Å²) in [5.41, 5.74) is 0. The zero-order valence-electron chi connectivity index (χ0n) is 1.83. The van der Waals surface area contributed by atoms with E-state index in [1.807, 2.05) is 0 Å². The Morgan fingerprint density at radius 1 is 0.500 bits per heavy atom. The zero-order chi connectivity index (χ0) is 0. The molecule has 0 aromatic carbocycles. The number of hydrogen-bond donors (Lipinski definition) is 0. The van der Waals surface area contributed by atoms with E-state index in [9.17, 15) is 0 Å². The molecule has 0 atom stereocenters. The Bertz CT molecular complexity index is 3.25. The summed E-state index contributed by atoms with van der Waals surface area (Å²) in [6.45, 7) is 0. The van der Waals surface area contributed by atoms with Crippen molar-refractivity contribution in [1.29, 1.82) is 0 Å². The predicted molar refractivity (Wildman–Crippen MR) is 31.1 cm³/mol. The summed E-state index contributed by atoms with van der Waals surface area (Å²) in [4.78, 5) is 0. The molecular formula is H6RhS3. The Morgan fingerprint density at radius 2 is 0.500 bits per heavy atom. The van der Waals surface area contributed by atoms with Crippen LogP contribution in [-0.2, 0) is 19.5 Å². The first-order valence-corrected chi connectivity index (χ1v) is 0. The summed E-state index contributed by atoms with van der Waals surface area (Å²) in [6, 6.07) is 0. The van der Waals surface area contributed by atoms with Gasteiger partial charge in [-0.3, -0.25) is 0 Å². The third kappa shape index (κ3) is 9.38. The average Bonchev–Trinajstić information content (AvgIpc) is 0. The molecule has 0 aromatic rings. The van der Waals surface area contributed by atoms with Crippen LogP contribution >= 0.6 is 40.5 Å². The molecule has 0 amide bonds. The van der Waals surface area contributed by atoms with Gasteiger partial charge < -0.3 is 0 Å². The van der Waals surface area contributed by atoms with E-state index in [0.717, 1.165) is 0 Å². The first kappa shape index (κ1) is 44.3. The maximum atomic E-state index is 0. The molecule has 0 saturated carbocycles. The molecule has 0 rings (SSSR count). The fourth-order valence-electron chi connectivity index (χ4n) is 0. The Morgan fingerprint density at radius 3 is 0.500 bits per heavy atom. The van der Waals surface area contributed by atoms with E-state index < -0.39 is 0 Å². The van der Waals surface area contributed by atoms with E-state index >= 15 is 0 Å². The van der Waals surface area contributed by atoms with Crippen LogP contribution in [0.3, 0.4) is 0 Å². The van der Waals surface area contributed by atoms with Gasteiger partial charge in [-0.2, -0.15) is 40.5 Å². The fraction of sp³-hybridized carbons (Fsp3) is 0. The van der Waals surface area contributed by atoms with Crippen LogP contribution < -0.4 is 0 Å². The molecule has 0 aliphatic rings. The van der Waals surface area contributed by atoms with Gasteiger partial charge in [0.15, 0.2) is 0 Å². The second kappa shape index (κ2) is 22.5. The summed E-state index contributed by atoms with van der Waals surface area (Å²) in [5.74, 6) is 0. The summed E-state index contributed by atoms with van der Waals surface area (Å²) in [7, 11) is 0. The summed E-state index contributed by atoms with van der Waals surface area (Å²) < 4.78 is 0. The van der Waals surface area contributed by atoms with Crippen molar-refractivity contribution in [2.24, 2.45) is 0 Å². The SMILES string of the molecule is S.S.S.[Rh]. The van der Waals surface area contributed by atoms with Gasteiger partial charge in [0.2, 0.25) is 0 Å².